The van der Waals surface area contributed by atoms with Gasteiger partial charge < -0.3 is 10.2 Å². The zero-order valence-corrected chi connectivity index (χ0v) is 12.2. The molecular weight excluding hydrogens is 196 g/mol. The normalized spacial score (nSPS) is 14.1. The average molecular weight is 228 g/mol. The zero-order valence-electron chi connectivity index (χ0n) is 12.2. The molecule has 0 amide bonds. The molecule has 16 heavy (non-hydrogen) atoms. The van der Waals surface area contributed by atoms with E-state index in [1.165, 1.54) is 19.6 Å². The van der Waals surface area contributed by atoms with Gasteiger partial charge in [0, 0.05) is 13.1 Å². The quantitative estimate of drug-likeness (QED) is 0.653. The number of hydrogen-bond acceptors (Lipinski definition) is 2. The molecule has 0 aromatic heterocycles. The second-order valence-corrected chi connectivity index (χ2v) is 5.90. The van der Waals surface area contributed by atoms with Crippen LogP contribution >= 0.6 is 0 Å². The molecule has 0 aliphatic carbocycles. The van der Waals surface area contributed by atoms with Gasteiger partial charge in [-0.05, 0) is 37.4 Å². The van der Waals surface area contributed by atoms with Crippen molar-refractivity contribution in [2.75, 3.05) is 32.7 Å². The largest absolute Gasteiger partial charge is 0.316 e. The van der Waals surface area contributed by atoms with E-state index < -0.39 is 0 Å². The van der Waals surface area contributed by atoms with Gasteiger partial charge in [-0.15, -0.1) is 0 Å². The number of rotatable bonds is 9. The van der Waals surface area contributed by atoms with Gasteiger partial charge in [0.1, 0.15) is 0 Å². The molecule has 98 valence electrons. The lowest BCUT2D eigenvalue weighted by molar-refractivity contribution is 0.221. The minimum absolute atomic E-state index is 0.748. The molecule has 0 bridgehead atoms. The molecule has 1 N–H and O–H groups in total. The molecule has 0 saturated heterocycles. The Balaban J connectivity index is 3.69. The van der Waals surface area contributed by atoms with E-state index in [2.05, 4.69) is 51.8 Å². The maximum atomic E-state index is 3.54. The first-order valence-corrected chi connectivity index (χ1v) is 6.88. The summed E-state index contributed by atoms with van der Waals surface area (Å²) in [6, 6.07) is 0. The Labute approximate surface area is 103 Å². The van der Waals surface area contributed by atoms with E-state index in [0.29, 0.717) is 0 Å². The van der Waals surface area contributed by atoms with Crippen LogP contribution in [0.25, 0.3) is 0 Å². The summed E-state index contributed by atoms with van der Waals surface area (Å²) in [5.74, 6) is 2.28. The van der Waals surface area contributed by atoms with Crippen molar-refractivity contribution in [3.63, 3.8) is 0 Å². The van der Waals surface area contributed by atoms with Gasteiger partial charge in [-0.1, -0.05) is 41.5 Å². The predicted octanol–water partition coefficient (Wildman–Crippen LogP) is 2.85. The summed E-state index contributed by atoms with van der Waals surface area (Å²) < 4.78 is 0. The molecule has 2 heteroatoms. The van der Waals surface area contributed by atoms with Crippen LogP contribution in [-0.2, 0) is 0 Å². The van der Waals surface area contributed by atoms with Gasteiger partial charge in [-0.3, -0.25) is 0 Å². The van der Waals surface area contributed by atoms with Crippen LogP contribution < -0.4 is 5.32 Å². The van der Waals surface area contributed by atoms with Crippen LogP contribution in [0.4, 0.5) is 0 Å². The van der Waals surface area contributed by atoms with Crippen molar-refractivity contribution in [3.8, 4) is 0 Å². The van der Waals surface area contributed by atoms with E-state index in [-0.39, 0.29) is 0 Å². The molecule has 0 aliphatic rings. The van der Waals surface area contributed by atoms with Crippen molar-refractivity contribution < 1.29 is 0 Å². The van der Waals surface area contributed by atoms with Gasteiger partial charge in [0.2, 0.25) is 0 Å². The highest BCUT2D eigenvalue weighted by Crippen LogP contribution is 2.03. The van der Waals surface area contributed by atoms with Crippen molar-refractivity contribution >= 4 is 0 Å². The van der Waals surface area contributed by atoms with Crippen molar-refractivity contribution in [2.24, 2.45) is 17.8 Å². The van der Waals surface area contributed by atoms with E-state index in [1.807, 2.05) is 0 Å². The molecule has 0 aromatic carbocycles. The third-order valence-electron chi connectivity index (χ3n) is 2.69. The van der Waals surface area contributed by atoms with Gasteiger partial charge >= 0.3 is 0 Å². The SMILES string of the molecule is CCN(CC(C)C)CC(C)CNCC(C)C. The summed E-state index contributed by atoms with van der Waals surface area (Å²) in [6.45, 7) is 19.6. The lowest BCUT2D eigenvalue weighted by Gasteiger charge is -2.26. The first-order chi connectivity index (χ1) is 7.45. The van der Waals surface area contributed by atoms with E-state index in [1.54, 1.807) is 0 Å². The summed E-state index contributed by atoms with van der Waals surface area (Å²) in [5, 5.41) is 3.54. The molecule has 0 fully saturated rings. The predicted molar refractivity (Wildman–Crippen MR) is 73.8 cm³/mol. The maximum absolute atomic E-state index is 3.54. The van der Waals surface area contributed by atoms with Crippen LogP contribution in [0.2, 0.25) is 0 Å². The molecule has 0 aliphatic heterocycles. The van der Waals surface area contributed by atoms with Crippen molar-refractivity contribution in [2.45, 2.75) is 41.5 Å². The van der Waals surface area contributed by atoms with Gasteiger partial charge in [-0.25, -0.2) is 0 Å². The Kier molecular flexibility index (Phi) is 8.96. The minimum atomic E-state index is 0.748. The third kappa shape index (κ3) is 9.17. The smallest absolute Gasteiger partial charge is 0.00191 e. The van der Waals surface area contributed by atoms with Crippen LogP contribution in [-0.4, -0.2) is 37.6 Å². The van der Waals surface area contributed by atoms with Crippen LogP contribution in [0, 0.1) is 17.8 Å². The van der Waals surface area contributed by atoms with Crippen LogP contribution in [0.15, 0.2) is 0 Å². The zero-order chi connectivity index (χ0) is 12.6. The molecule has 1 atom stereocenters. The van der Waals surface area contributed by atoms with E-state index in [4.69, 9.17) is 0 Å². The summed E-state index contributed by atoms with van der Waals surface area (Å²) in [5.41, 5.74) is 0. The topological polar surface area (TPSA) is 15.3 Å². The highest BCUT2D eigenvalue weighted by molar-refractivity contribution is 4.65. The molecule has 0 rings (SSSR count). The fraction of sp³-hybridized carbons (Fsp3) is 1.00. The monoisotopic (exact) mass is 228 g/mol. The molecule has 2 nitrogen and oxygen atoms in total. The van der Waals surface area contributed by atoms with Gasteiger partial charge in [0.15, 0.2) is 0 Å². The number of hydrogen-bond donors (Lipinski definition) is 1. The minimum Gasteiger partial charge on any atom is -0.316 e. The molecular formula is C14H32N2. The third-order valence-corrected chi connectivity index (χ3v) is 2.69. The van der Waals surface area contributed by atoms with Crippen LogP contribution in [0.3, 0.4) is 0 Å². The van der Waals surface area contributed by atoms with Crippen LogP contribution in [0.5, 0.6) is 0 Å². The Bertz CT molecular complexity index is 155. The highest BCUT2D eigenvalue weighted by Gasteiger charge is 2.09. The van der Waals surface area contributed by atoms with Gasteiger partial charge in [-0.2, -0.15) is 0 Å². The summed E-state index contributed by atoms with van der Waals surface area (Å²) in [7, 11) is 0. The fourth-order valence-corrected chi connectivity index (χ4v) is 1.97. The number of nitrogens with zero attached hydrogens (tertiary/aromatic N) is 1. The maximum Gasteiger partial charge on any atom is 0.00191 e. The summed E-state index contributed by atoms with van der Waals surface area (Å²) in [6.07, 6.45) is 0. The lowest BCUT2D eigenvalue weighted by atomic mass is 10.1. The second-order valence-electron chi connectivity index (χ2n) is 5.90. The van der Waals surface area contributed by atoms with Crippen molar-refractivity contribution in [1.82, 2.24) is 10.2 Å². The fourth-order valence-electron chi connectivity index (χ4n) is 1.97. The Morgan fingerprint density at radius 1 is 0.875 bits per heavy atom. The molecule has 0 heterocycles. The molecule has 0 aromatic rings. The molecule has 0 spiro atoms. The van der Waals surface area contributed by atoms with Gasteiger partial charge in [0.05, 0.1) is 0 Å². The second kappa shape index (κ2) is 9.00. The molecule has 0 radical (unpaired) electrons. The van der Waals surface area contributed by atoms with Crippen LogP contribution in [0.1, 0.15) is 41.5 Å². The van der Waals surface area contributed by atoms with E-state index in [0.717, 1.165) is 30.8 Å². The Morgan fingerprint density at radius 2 is 1.50 bits per heavy atom. The average Bonchev–Trinajstić information content (AvgIpc) is 2.15. The molecule has 1 unspecified atom stereocenters. The first-order valence-electron chi connectivity index (χ1n) is 6.88. The number of nitrogens with one attached hydrogen (secondary N) is 1. The lowest BCUT2D eigenvalue weighted by Crippen LogP contribution is -2.36. The van der Waals surface area contributed by atoms with E-state index >= 15 is 0 Å². The van der Waals surface area contributed by atoms with E-state index in [9.17, 15) is 0 Å². The Hall–Kier alpha value is -0.0800. The van der Waals surface area contributed by atoms with Crippen molar-refractivity contribution in [3.05, 3.63) is 0 Å². The molecule has 0 saturated carbocycles. The highest BCUT2D eigenvalue weighted by atomic mass is 15.1. The summed E-state index contributed by atoms with van der Waals surface area (Å²) in [4.78, 5) is 2.56. The first kappa shape index (κ1) is 15.9. The van der Waals surface area contributed by atoms with Gasteiger partial charge in [0.25, 0.3) is 0 Å². The van der Waals surface area contributed by atoms with Crippen molar-refractivity contribution in [1.29, 1.82) is 0 Å². The standard InChI is InChI=1S/C14H32N2/c1-7-16(10-13(4)5)11-14(6)9-15-8-12(2)3/h12-15H,7-11H2,1-6H3. The summed E-state index contributed by atoms with van der Waals surface area (Å²) >= 11 is 0. The Morgan fingerprint density at radius 3 is 1.94 bits per heavy atom.